The van der Waals surface area contributed by atoms with Crippen LogP contribution in [-0.4, -0.2) is 24.4 Å². The van der Waals surface area contributed by atoms with Gasteiger partial charge in [-0.1, -0.05) is 76.3 Å². The van der Waals surface area contributed by atoms with Crippen molar-refractivity contribution in [3.8, 4) is 0 Å². The highest BCUT2D eigenvalue weighted by Crippen LogP contribution is 2.31. The zero-order valence-corrected chi connectivity index (χ0v) is 17.3. The van der Waals surface area contributed by atoms with Gasteiger partial charge in [-0.05, 0) is 23.8 Å². The number of nitrogens with two attached hydrogens (primary N) is 1. The molecule has 5 nitrogen and oxygen atoms in total. The maximum atomic E-state index is 12.4. The number of carbonyl (C=O) groups excluding carboxylic acids is 2. The van der Waals surface area contributed by atoms with E-state index in [-0.39, 0.29) is 42.7 Å². The van der Waals surface area contributed by atoms with Crippen LogP contribution in [0, 0.1) is 11.8 Å². The second-order valence-electron chi connectivity index (χ2n) is 7.76. The predicted octanol–water partition coefficient (Wildman–Crippen LogP) is 3.34. The normalized spacial score (nSPS) is 16.9. The van der Waals surface area contributed by atoms with E-state index in [4.69, 9.17) is 5.73 Å². The molecule has 1 aromatic carbocycles. The first-order valence-corrected chi connectivity index (χ1v) is 9.85. The molecule has 1 saturated carbocycles. The minimum Gasteiger partial charge on any atom is -0.348 e. The van der Waals surface area contributed by atoms with Crippen molar-refractivity contribution < 1.29 is 9.59 Å². The van der Waals surface area contributed by atoms with E-state index in [9.17, 15) is 9.59 Å². The number of benzene rings is 1. The van der Waals surface area contributed by atoms with E-state index in [0.29, 0.717) is 5.92 Å². The Kier molecular flexibility index (Phi) is 10.4. The summed E-state index contributed by atoms with van der Waals surface area (Å²) >= 11 is 0. The predicted molar refractivity (Wildman–Crippen MR) is 112 cm³/mol. The first-order chi connectivity index (χ1) is 12.5. The fourth-order valence-electron chi connectivity index (χ4n) is 3.55. The summed E-state index contributed by atoms with van der Waals surface area (Å²) < 4.78 is 0. The van der Waals surface area contributed by atoms with Gasteiger partial charge in [0.2, 0.25) is 11.8 Å². The maximum Gasteiger partial charge on any atom is 0.239 e. The van der Waals surface area contributed by atoms with Crippen molar-refractivity contribution in [3.63, 3.8) is 0 Å². The van der Waals surface area contributed by atoms with Crippen molar-refractivity contribution in [2.24, 2.45) is 17.6 Å². The summed E-state index contributed by atoms with van der Waals surface area (Å²) in [6.45, 7) is 3.74. The molecule has 1 aliphatic carbocycles. The van der Waals surface area contributed by atoms with E-state index in [1.54, 1.807) is 0 Å². The molecule has 1 aromatic rings. The van der Waals surface area contributed by atoms with Gasteiger partial charge in [0.25, 0.3) is 0 Å². The largest absolute Gasteiger partial charge is 0.348 e. The molecule has 2 atom stereocenters. The van der Waals surface area contributed by atoms with Gasteiger partial charge in [0.1, 0.15) is 0 Å². The van der Waals surface area contributed by atoms with Gasteiger partial charge >= 0.3 is 0 Å². The highest BCUT2D eigenvalue weighted by Gasteiger charge is 2.23. The zero-order chi connectivity index (χ0) is 18.9. The van der Waals surface area contributed by atoms with Crippen LogP contribution in [0.5, 0.6) is 0 Å². The van der Waals surface area contributed by atoms with E-state index in [2.05, 4.69) is 22.8 Å². The summed E-state index contributed by atoms with van der Waals surface area (Å²) in [5, 5.41) is 5.76. The average Bonchev–Trinajstić information content (AvgIpc) is 2.66. The molecule has 2 rings (SSSR count). The smallest absolute Gasteiger partial charge is 0.239 e. The van der Waals surface area contributed by atoms with Crippen LogP contribution >= 0.6 is 12.4 Å². The molecule has 1 aliphatic rings. The lowest BCUT2D eigenvalue weighted by Crippen LogP contribution is -2.47. The molecule has 0 bridgehead atoms. The number of nitrogens with one attached hydrogen (secondary N) is 2. The van der Waals surface area contributed by atoms with Gasteiger partial charge in [-0.2, -0.15) is 0 Å². The molecule has 2 amide bonds. The molecular formula is C21H34ClN3O2. The van der Waals surface area contributed by atoms with Crippen LogP contribution < -0.4 is 16.4 Å². The maximum absolute atomic E-state index is 12.4. The van der Waals surface area contributed by atoms with Crippen LogP contribution in [0.3, 0.4) is 0 Å². The Labute approximate surface area is 169 Å². The highest BCUT2D eigenvalue weighted by molar-refractivity contribution is 5.87. The third-order valence-electron chi connectivity index (χ3n) is 5.28. The summed E-state index contributed by atoms with van der Waals surface area (Å²) in [4.78, 5) is 24.3. The summed E-state index contributed by atoms with van der Waals surface area (Å²) in [7, 11) is 0. The second kappa shape index (κ2) is 12.0. The summed E-state index contributed by atoms with van der Waals surface area (Å²) in [5.41, 5.74) is 6.94. The SMILES string of the molecule is CC(C)[C@H](N)C(=O)NCC(=O)NC(CC1CCCCC1)c1ccccc1.Cl. The molecule has 4 N–H and O–H groups in total. The lowest BCUT2D eigenvalue weighted by atomic mass is 9.83. The van der Waals surface area contributed by atoms with Crippen LogP contribution in [0.15, 0.2) is 30.3 Å². The Bertz CT molecular complexity index is 574. The number of amides is 2. The molecule has 6 heteroatoms. The minimum atomic E-state index is -0.588. The van der Waals surface area contributed by atoms with Crippen LogP contribution in [-0.2, 0) is 9.59 Å². The third kappa shape index (κ3) is 7.89. The Morgan fingerprint density at radius 1 is 1.11 bits per heavy atom. The van der Waals surface area contributed by atoms with Gasteiger partial charge in [0.15, 0.2) is 0 Å². The van der Waals surface area contributed by atoms with Crippen LogP contribution in [0.4, 0.5) is 0 Å². The standard InChI is InChI=1S/C21H33N3O2.ClH/c1-15(2)20(22)21(26)23-14-19(25)24-18(17-11-7-4-8-12-17)13-16-9-5-3-6-10-16;/h4,7-8,11-12,15-16,18,20H,3,5-6,9-10,13-14,22H2,1-2H3,(H,23,26)(H,24,25);1H/t18?,20-;/m0./s1. The quantitative estimate of drug-likeness (QED) is 0.631. The minimum absolute atomic E-state index is 0. The fourth-order valence-corrected chi connectivity index (χ4v) is 3.55. The number of hydrogen-bond acceptors (Lipinski definition) is 3. The molecule has 0 radical (unpaired) electrons. The molecule has 0 spiro atoms. The lowest BCUT2D eigenvalue weighted by molar-refractivity contribution is -0.127. The van der Waals surface area contributed by atoms with Crippen LogP contribution in [0.2, 0.25) is 0 Å². The van der Waals surface area contributed by atoms with Crippen molar-refractivity contribution in [1.29, 1.82) is 0 Å². The summed E-state index contributed by atoms with van der Waals surface area (Å²) in [5.74, 6) is 0.248. The molecule has 1 unspecified atom stereocenters. The van der Waals surface area contributed by atoms with Crippen molar-refractivity contribution in [1.82, 2.24) is 10.6 Å². The van der Waals surface area contributed by atoms with Crippen LogP contribution in [0.25, 0.3) is 0 Å². The zero-order valence-electron chi connectivity index (χ0n) is 16.4. The number of halogens is 1. The van der Waals surface area contributed by atoms with Crippen molar-refractivity contribution >= 4 is 24.2 Å². The molecule has 27 heavy (non-hydrogen) atoms. The number of hydrogen-bond donors (Lipinski definition) is 3. The van der Waals surface area contributed by atoms with Crippen molar-refractivity contribution in [2.75, 3.05) is 6.54 Å². The average molecular weight is 396 g/mol. The van der Waals surface area contributed by atoms with Crippen molar-refractivity contribution in [2.45, 2.75) is 64.5 Å². The Hall–Kier alpha value is -1.59. The molecule has 0 heterocycles. The van der Waals surface area contributed by atoms with E-state index in [0.717, 1.165) is 12.0 Å². The molecule has 1 fully saturated rings. The van der Waals surface area contributed by atoms with Gasteiger partial charge in [0.05, 0.1) is 18.6 Å². The Morgan fingerprint density at radius 2 is 1.74 bits per heavy atom. The van der Waals surface area contributed by atoms with E-state index in [1.807, 2.05) is 32.0 Å². The van der Waals surface area contributed by atoms with Gasteiger partial charge in [-0.25, -0.2) is 0 Å². The van der Waals surface area contributed by atoms with Crippen molar-refractivity contribution in [3.05, 3.63) is 35.9 Å². The summed E-state index contributed by atoms with van der Waals surface area (Å²) in [6.07, 6.45) is 7.31. The molecule has 0 aromatic heterocycles. The monoisotopic (exact) mass is 395 g/mol. The Morgan fingerprint density at radius 3 is 2.33 bits per heavy atom. The van der Waals surface area contributed by atoms with Gasteiger partial charge in [-0.3, -0.25) is 9.59 Å². The van der Waals surface area contributed by atoms with Gasteiger partial charge < -0.3 is 16.4 Å². The highest BCUT2D eigenvalue weighted by atomic mass is 35.5. The first kappa shape index (κ1) is 23.4. The lowest BCUT2D eigenvalue weighted by Gasteiger charge is -2.27. The fraction of sp³-hybridized carbons (Fsp3) is 0.619. The number of carbonyl (C=O) groups is 2. The van der Waals surface area contributed by atoms with Gasteiger partial charge in [-0.15, -0.1) is 12.4 Å². The topological polar surface area (TPSA) is 84.2 Å². The molecule has 0 saturated heterocycles. The van der Waals surface area contributed by atoms with Gasteiger partial charge in [0, 0.05) is 0 Å². The third-order valence-corrected chi connectivity index (χ3v) is 5.28. The first-order valence-electron chi connectivity index (χ1n) is 9.85. The van der Waals surface area contributed by atoms with E-state index in [1.165, 1.54) is 32.1 Å². The molecule has 0 aliphatic heterocycles. The molecule has 152 valence electrons. The molecular weight excluding hydrogens is 362 g/mol. The summed E-state index contributed by atoms with van der Waals surface area (Å²) in [6, 6.07) is 9.49. The van der Waals surface area contributed by atoms with E-state index >= 15 is 0 Å². The van der Waals surface area contributed by atoms with Crippen LogP contribution in [0.1, 0.15) is 64.0 Å². The second-order valence-corrected chi connectivity index (χ2v) is 7.76. The number of rotatable bonds is 8. The Balaban J connectivity index is 0.00000364. The van der Waals surface area contributed by atoms with E-state index < -0.39 is 6.04 Å².